The van der Waals surface area contributed by atoms with Crippen molar-refractivity contribution in [3.05, 3.63) is 39.3 Å². The third-order valence-electron chi connectivity index (χ3n) is 2.67. The third-order valence-corrected chi connectivity index (χ3v) is 4.35. The molecule has 0 aliphatic carbocycles. The van der Waals surface area contributed by atoms with Crippen LogP contribution in [0.25, 0.3) is 0 Å². The smallest absolute Gasteiger partial charge is 0.247 e. The second kappa shape index (κ2) is 5.67. The van der Waals surface area contributed by atoms with Gasteiger partial charge in [0.1, 0.15) is 6.04 Å². The van der Waals surface area contributed by atoms with Crippen LogP contribution in [0, 0.1) is 0 Å². The highest BCUT2D eigenvalue weighted by Gasteiger charge is 2.19. The molecule has 0 bridgehead atoms. The highest BCUT2D eigenvalue weighted by atomic mass is 79.9. The molecule has 1 amide bonds. The van der Waals surface area contributed by atoms with Crippen molar-refractivity contribution in [1.82, 2.24) is 14.7 Å². The van der Waals surface area contributed by atoms with Gasteiger partial charge in [0.2, 0.25) is 5.91 Å². The summed E-state index contributed by atoms with van der Waals surface area (Å²) in [4.78, 5) is 15.1. The van der Waals surface area contributed by atoms with Crippen LogP contribution in [0.3, 0.4) is 0 Å². The van der Waals surface area contributed by atoms with Crippen molar-refractivity contribution in [2.45, 2.75) is 19.5 Å². The number of hydrogen-bond acceptors (Lipinski definition) is 3. The molecule has 0 radical (unpaired) electrons. The van der Waals surface area contributed by atoms with E-state index < -0.39 is 0 Å². The highest BCUT2D eigenvalue weighted by molar-refractivity contribution is 9.10. The fourth-order valence-electron chi connectivity index (χ4n) is 1.69. The van der Waals surface area contributed by atoms with Crippen LogP contribution < -0.4 is 0 Å². The van der Waals surface area contributed by atoms with Gasteiger partial charge in [0, 0.05) is 34.2 Å². The van der Waals surface area contributed by atoms with E-state index in [1.807, 2.05) is 31.5 Å². The number of carbonyl (C=O) groups excluding carboxylic acids is 1. The zero-order valence-corrected chi connectivity index (χ0v) is 12.6. The molecular weight excluding hydrogens is 314 g/mol. The lowest BCUT2D eigenvalue weighted by Gasteiger charge is -2.21. The number of rotatable bonds is 4. The van der Waals surface area contributed by atoms with Gasteiger partial charge in [0.15, 0.2) is 0 Å². The van der Waals surface area contributed by atoms with Crippen LogP contribution in [-0.2, 0) is 11.3 Å². The van der Waals surface area contributed by atoms with E-state index >= 15 is 0 Å². The van der Waals surface area contributed by atoms with Gasteiger partial charge < -0.3 is 4.90 Å². The standard InChI is InChI=1S/C12H14BrN3OS/c1-9(16-5-3-4-14-16)12(17)15(2)7-11-6-10(13)8-18-11/h3-6,8-9H,7H2,1-2H3/t9-/m0/s1. The summed E-state index contributed by atoms with van der Waals surface area (Å²) in [5.74, 6) is 0.0585. The first-order chi connectivity index (χ1) is 8.58. The van der Waals surface area contributed by atoms with E-state index in [-0.39, 0.29) is 11.9 Å². The molecule has 2 aromatic heterocycles. The summed E-state index contributed by atoms with van der Waals surface area (Å²) in [5, 5.41) is 6.11. The average molecular weight is 328 g/mol. The maximum absolute atomic E-state index is 12.2. The minimum absolute atomic E-state index is 0.0585. The van der Waals surface area contributed by atoms with Crippen LogP contribution in [0.1, 0.15) is 17.8 Å². The normalized spacial score (nSPS) is 12.4. The first kappa shape index (κ1) is 13.3. The van der Waals surface area contributed by atoms with E-state index in [0.29, 0.717) is 6.54 Å². The topological polar surface area (TPSA) is 38.1 Å². The number of halogens is 1. The Morgan fingerprint density at radius 2 is 2.44 bits per heavy atom. The summed E-state index contributed by atoms with van der Waals surface area (Å²) in [7, 11) is 1.82. The third kappa shape index (κ3) is 3.00. The molecule has 6 heteroatoms. The Balaban J connectivity index is 2.00. The van der Waals surface area contributed by atoms with Crippen molar-refractivity contribution < 1.29 is 4.79 Å². The molecule has 18 heavy (non-hydrogen) atoms. The van der Waals surface area contributed by atoms with Gasteiger partial charge in [-0.1, -0.05) is 0 Å². The summed E-state index contributed by atoms with van der Waals surface area (Å²) < 4.78 is 2.73. The molecule has 0 aliphatic heterocycles. The molecule has 0 unspecified atom stereocenters. The number of thiophene rings is 1. The van der Waals surface area contributed by atoms with Gasteiger partial charge in [-0.25, -0.2) is 0 Å². The Labute approximate surface area is 118 Å². The number of amides is 1. The number of nitrogens with zero attached hydrogens (tertiary/aromatic N) is 3. The van der Waals surface area contributed by atoms with Crippen LogP contribution in [0.15, 0.2) is 34.4 Å². The van der Waals surface area contributed by atoms with Crippen molar-refractivity contribution in [1.29, 1.82) is 0 Å². The van der Waals surface area contributed by atoms with Gasteiger partial charge in [-0.2, -0.15) is 5.10 Å². The van der Waals surface area contributed by atoms with Crippen molar-refractivity contribution in [2.75, 3.05) is 7.05 Å². The van der Waals surface area contributed by atoms with Gasteiger partial charge in [-0.3, -0.25) is 9.48 Å². The Morgan fingerprint density at radius 1 is 1.67 bits per heavy atom. The van der Waals surface area contributed by atoms with E-state index in [0.717, 1.165) is 9.35 Å². The summed E-state index contributed by atoms with van der Waals surface area (Å²) in [6.45, 7) is 2.48. The second-order valence-electron chi connectivity index (χ2n) is 4.09. The van der Waals surface area contributed by atoms with Crippen molar-refractivity contribution in [3.63, 3.8) is 0 Å². The minimum Gasteiger partial charge on any atom is -0.339 e. The van der Waals surface area contributed by atoms with Gasteiger partial charge in [0.05, 0.1) is 6.54 Å². The van der Waals surface area contributed by atoms with Gasteiger partial charge >= 0.3 is 0 Å². The number of hydrogen-bond donors (Lipinski definition) is 0. The summed E-state index contributed by atoms with van der Waals surface area (Å²) in [6, 6.07) is 3.58. The molecule has 96 valence electrons. The molecule has 0 aliphatic rings. The van der Waals surface area contributed by atoms with Gasteiger partial charge in [-0.15, -0.1) is 11.3 Å². The fourth-order valence-corrected chi connectivity index (χ4v) is 3.19. The molecule has 0 saturated heterocycles. The first-order valence-corrected chi connectivity index (χ1v) is 7.22. The minimum atomic E-state index is -0.270. The van der Waals surface area contributed by atoms with Crippen LogP contribution >= 0.6 is 27.3 Å². The predicted molar refractivity (Wildman–Crippen MR) is 75.4 cm³/mol. The zero-order chi connectivity index (χ0) is 13.1. The summed E-state index contributed by atoms with van der Waals surface area (Å²) in [5.41, 5.74) is 0. The maximum Gasteiger partial charge on any atom is 0.247 e. The largest absolute Gasteiger partial charge is 0.339 e. The van der Waals surface area contributed by atoms with Gasteiger partial charge in [-0.05, 0) is 35.0 Å². The molecule has 2 aromatic rings. The van der Waals surface area contributed by atoms with E-state index in [4.69, 9.17) is 0 Å². The molecule has 0 fully saturated rings. The molecular formula is C12H14BrN3OS. The quantitative estimate of drug-likeness (QED) is 0.865. The molecule has 4 nitrogen and oxygen atoms in total. The molecule has 0 aromatic carbocycles. The van der Waals surface area contributed by atoms with Crippen LogP contribution in [0.5, 0.6) is 0 Å². The van der Waals surface area contributed by atoms with Gasteiger partial charge in [0.25, 0.3) is 0 Å². The SMILES string of the molecule is C[C@@H](C(=O)N(C)Cc1cc(Br)cs1)n1cccn1. The average Bonchev–Trinajstić information content (AvgIpc) is 2.98. The molecule has 0 saturated carbocycles. The molecule has 1 atom stereocenters. The van der Waals surface area contributed by atoms with Crippen molar-refractivity contribution in [3.8, 4) is 0 Å². The lowest BCUT2D eigenvalue weighted by atomic mass is 10.3. The molecule has 0 spiro atoms. The van der Waals surface area contributed by atoms with Crippen molar-refractivity contribution >= 4 is 33.2 Å². The van der Waals surface area contributed by atoms with Crippen LogP contribution in [0.4, 0.5) is 0 Å². The second-order valence-corrected chi connectivity index (χ2v) is 6.00. The highest BCUT2D eigenvalue weighted by Crippen LogP contribution is 2.21. The van der Waals surface area contributed by atoms with E-state index in [9.17, 15) is 4.79 Å². The van der Waals surface area contributed by atoms with Crippen LogP contribution in [0.2, 0.25) is 0 Å². The lowest BCUT2D eigenvalue weighted by molar-refractivity contribution is -0.133. The monoisotopic (exact) mass is 327 g/mol. The Bertz CT molecular complexity index is 523. The molecule has 2 heterocycles. The Kier molecular flexibility index (Phi) is 4.19. The first-order valence-electron chi connectivity index (χ1n) is 5.55. The fraction of sp³-hybridized carbons (Fsp3) is 0.333. The predicted octanol–water partition coefficient (Wildman–Crippen LogP) is 2.93. The number of aromatic nitrogens is 2. The van der Waals surface area contributed by atoms with Crippen LogP contribution in [-0.4, -0.2) is 27.6 Å². The van der Waals surface area contributed by atoms with E-state index in [1.54, 1.807) is 33.3 Å². The van der Waals surface area contributed by atoms with E-state index in [2.05, 4.69) is 21.0 Å². The van der Waals surface area contributed by atoms with Crippen molar-refractivity contribution in [2.24, 2.45) is 0 Å². The van der Waals surface area contributed by atoms with E-state index in [1.165, 1.54) is 0 Å². The maximum atomic E-state index is 12.2. The Hall–Kier alpha value is -1.14. The summed E-state index contributed by atoms with van der Waals surface area (Å²) in [6.07, 6.45) is 3.48. The Morgan fingerprint density at radius 3 is 3.00 bits per heavy atom. The number of likely N-dealkylation sites (N-methyl/N-ethyl adjacent to an activating group) is 1. The molecule has 0 N–H and O–H groups in total. The molecule has 2 rings (SSSR count). The number of carbonyl (C=O) groups is 1. The summed E-state index contributed by atoms with van der Waals surface area (Å²) >= 11 is 5.05. The lowest BCUT2D eigenvalue weighted by Crippen LogP contribution is -2.32. The zero-order valence-electron chi connectivity index (χ0n) is 10.2.